The van der Waals surface area contributed by atoms with E-state index in [-0.39, 0.29) is 0 Å². The van der Waals surface area contributed by atoms with E-state index in [9.17, 15) is 0 Å². The van der Waals surface area contributed by atoms with Crippen LogP contribution in [0.1, 0.15) is 12.0 Å². The molecule has 15 heavy (non-hydrogen) atoms. The first-order chi connectivity index (χ1) is 7.36. The van der Waals surface area contributed by atoms with Crippen molar-refractivity contribution in [2.75, 3.05) is 18.0 Å². The molecule has 3 fully saturated rings. The summed E-state index contributed by atoms with van der Waals surface area (Å²) in [6.07, 6.45) is 1.35. The van der Waals surface area contributed by atoms with Gasteiger partial charge in [0.1, 0.15) is 0 Å². The van der Waals surface area contributed by atoms with Gasteiger partial charge in [-0.3, -0.25) is 0 Å². The van der Waals surface area contributed by atoms with Crippen LogP contribution in [0, 0.1) is 0 Å². The summed E-state index contributed by atoms with van der Waals surface area (Å²) in [6, 6.07) is 9.89. The van der Waals surface area contributed by atoms with Crippen molar-refractivity contribution in [2.45, 2.75) is 25.0 Å². The number of hydrogen-bond acceptors (Lipinski definition) is 3. The molecule has 0 aromatic heterocycles. The number of rotatable bonds is 2. The van der Waals surface area contributed by atoms with Crippen LogP contribution in [-0.2, 0) is 6.54 Å². The number of benzene rings is 1. The first-order valence-electron chi connectivity index (χ1n) is 5.66. The first kappa shape index (κ1) is 9.19. The molecule has 3 aliphatic rings. The molecule has 0 spiro atoms. The smallest absolute Gasteiger partial charge is 0.0412 e. The van der Waals surface area contributed by atoms with Crippen LogP contribution in [-0.4, -0.2) is 25.2 Å². The molecule has 2 unspecified atom stereocenters. The number of para-hydroxylation sites is 1. The second-order valence-electron chi connectivity index (χ2n) is 4.53. The maximum absolute atomic E-state index is 5.76. The number of nitrogens with one attached hydrogen (secondary N) is 1. The van der Waals surface area contributed by atoms with E-state index in [1.807, 2.05) is 0 Å². The van der Waals surface area contributed by atoms with Crippen molar-refractivity contribution < 1.29 is 0 Å². The number of nitrogens with two attached hydrogens (primary N) is 1. The Bertz CT molecular complexity index is 348. The summed E-state index contributed by atoms with van der Waals surface area (Å²) in [7, 11) is 0. The topological polar surface area (TPSA) is 41.3 Å². The van der Waals surface area contributed by atoms with Crippen molar-refractivity contribution in [3.63, 3.8) is 0 Å². The standard InChI is InChI=1S/C12H17N3/c13-6-9-3-1-2-4-12(9)15-7-10-5-11(8-15)14-10/h1-4,10-11,14H,5-8,13H2. The number of nitrogens with zero attached hydrogens (tertiary/aromatic N) is 1. The zero-order chi connectivity index (χ0) is 10.3. The molecule has 3 nitrogen and oxygen atoms in total. The maximum atomic E-state index is 5.76. The number of piperazine rings is 1. The first-order valence-corrected chi connectivity index (χ1v) is 5.66. The van der Waals surface area contributed by atoms with Gasteiger partial charge in [-0.05, 0) is 18.1 Å². The summed E-state index contributed by atoms with van der Waals surface area (Å²) in [6.45, 7) is 2.90. The number of hydrogen-bond donors (Lipinski definition) is 2. The Morgan fingerprint density at radius 2 is 1.93 bits per heavy atom. The largest absolute Gasteiger partial charge is 0.368 e. The SMILES string of the molecule is NCc1ccccc1N1CC2CC(C1)N2. The molecule has 2 bridgehead atoms. The molecule has 0 saturated carbocycles. The normalized spacial score (nSPS) is 28.7. The van der Waals surface area contributed by atoms with Gasteiger partial charge in [0.05, 0.1) is 0 Å². The van der Waals surface area contributed by atoms with Gasteiger partial charge in [0.2, 0.25) is 0 Å². The quantitative estimate of drug-likeness (QED) is 0.743. The van der Waals surface area contributed by atoms with E-state index >= 15 is 0 Å². The molecule has 1 aromatic rings. The van der Waals surface area contributed by atoms with Crippen LogP contribution < -0.4 is 16.0 Å². The molecule has 3 aliphatic heterocycles. The Hall–Kier alpha value is -1.06. The van der Waals surface area contributed by atoms with Crippen LogP contribution in [0.15, 0.2) is 24.3 Å². The third-order valence-corrected chi connectivity index (χ3v) is 3.47. The van der Waals surface area contributed by atoms with Crippen LogP contribution >= 0.6 is 0 Å². The minimum absolute atomic E-state index is 0.634. The van der Waals surface area contributed by atoms with Gasteiger partial charge < -0.3 is 16.0 Å². The Kier molecular flexibility index (Phi) is 2.15. The molecule has 3 N–H and O–H groups in total. The van der Waals surface area contributed by atoms with E-state index in [2.05, 4.69) is 34.5 Å². The zero-order valence-electron chi connectivity index (χ0n) is 8.82. The molecule has 3 heteroatoms. The van der Waals surface area contributed by atoms with Crippen LogP contribution in [0.4, 0.5) is 5.69 Å². The minimum atomic E-state index is 0.634. The fraction of sp³-hybridized carbons (Fsp3) is 0.500. The number of anilines is 1. The Balaban J connectivity index is 1.85. The van der Waals surface area contributed by atoms with Crippen molar-refractivity contribution in [1.29, 1.82) is 0 Å². The summed E-state index contributed by atoms with van der Waals surface area (Å²) < 4.78 is 0. The minimum Gasteiger partial charge on any atom is -0.368 e. The summed E-state index contributed by atoms with van der Waals surface area (Å²) in [5.41, 5.74) is 8.35. The monoisotopic (exact) mass is 203 g/mol. The second-order valence-corrected chi connectivity index (χ2v) is 4.53. The molecule has 2 atom stereocenters. The van der Waals surface area contributed by atoms with Gasteiger partial charge in [-0.15, -0.1) is 0 Å². The molecule has 3 heterocycles. The Morgan fingerprint density at radius 3 is 2.60 bits per heavy atom. The van der Waals surface area contributed by atoms with Gasteiger partial charge in [0, 0.05) is 37.4 Å². The Morgan fingerprint density at radius 1 is 1.27 bits per heavy atom. The average molecular weight is 203 g/mol. The summed E-state index contributed by atoms with van der Waals surface area (Å²) >= 11 is 0. The van der Waals surface area contributed by atoms with Gasteiger partial charge in [-0.1, -0.05) is 18.2 Å². The van der Waals surface area contributed by atoms with Crippen LogP contribution in [0.25, 0.3) is 0 Å². The van der Waals surface area contributed by atoms with Crippen molar-refractivity contribution in [3.8, 4) is 0 Å². The number of piperidine rings is 1. The highest BCUT2D eigenvalue weighted by Gasteiger charge is 2.36. The van der Waals surface area contributed by atoms with Gasteiger partial charge in [-0.25, -0.2) is 0 Å². The molecule has 0 radical (unpaired) electrons. The van der Waals surface area contributed by atoms with Crippen molar-refractivity contribution in [3.05, 3.63) is 29.8 Å². The van der Waals surface area contributed by atoms with Crippen molar-refractivity contribution in [1.82, 2.24) is 5.32 Å². The van der Waals surface area contributed by atoms with Gasteiger partial charge in [-0.2, -0.15) is 0 Å². The van der Waals surface area contributed by atoms with Crippen molar-refractivity contribution in [2.24, 2.45) is 5.73 Å². The highest BCUT2D eigenvalue weighted by molar-refractivity contribution is 5.54. The third kappa shape index (κ3) is 1.52. The van der Waals surface area contributed by atoms with Gasteiger partial charge in [0.15, 0.2) is 0 Å². The molecular formula is C12H17N3. The molecule has 80 valence electrons. The second kappa shape index (κ2) is 3.51. The highest BCUT2D eigenvalue weighted by atomic mass is 15.3. The molecule has 0 amide bonds. The van der Waals surface area contributed by atoms with E-state index in [0.717, 1.165) is 13.1 Å². The van der Waals surface area contributed by atoms with E-state index in [1.165, 1.54) is 17.7 Å². The van der Waals surface area contributed by atoms with E-state index in [1.54, 1.807) is 0 Å². The van der Waals surface area contributed by atoms with Crippen molar-refractivity contribution >= 4 is 5.69 Å². The predicted molar refractivity (Wildman–Crippen MR) is 61.9 cm³/mol. The molecule has 0 aliphatic carbocycles. The summed E-state index contributed by atoms with van der Waals surface area (Å²) in [4.78, 5) is 2.47. The van der Waals surface area contributed by atoms with E-state index < -0.39 is 0 Å². The van der Waals surface area contributed by atoms with Crippen LogP contribution in [0.3, 0.4) is 0 Å². The zero-order valence-corrected chi connectivity index (χ0v) is 8.82. The predicted octanol–water partition coefficient (Wildman–Crippen LogP) is 0.696. The van der Waals surface area contributed by atoms with E-state index in [0.29, 0.717) is 18.6 Å². The lowest BCUT2D eigenvalue weighted by Gasteiger charge is -2.49. The van der Waals surface area contributed by atoms with Crippen LogP contribution in [0.2, 0.25) is 0 Å². The Labute approximate surface area is 90.3 Å². The maximum Gasteiger partial charge on any atom is 0.0412 e. The fourth-order valence-electron chi connectivity index (χ4n) is 2.70. The van der Waals surface area contributed by atoms with E-state index in [4.69, 9.17) is 5.73 Å². The molecular weight excluding hydrogens is 186 g/mol. The lowest BCUT2D eigenvalue weighted by molar-refractivity contribution is 0.225. The average Bonchev–Trinajstić information content (AvgIpc) is 2.28. The molecule has 1 aromatic carbocycles. The van der Waals surface area contributed by atoms with Gasteiger partial charge in [0.25, 0.3) is 0 Å². The molecule has 4 rings (SSSR count). The number of fused-ring (bicyclic) bond motifs is 2. The fourth-order valence-corrected chi connectivity index (χ4v) is 2.70. The highest BCUT2D eigenvalue weighted by Crippen LogP contribution is 2.28. The molecule has 3 saturated heterocycles. The summed E-state index contributed by atoms with van der Waals surface area (Å²) in [5.74, 6) is 0. The lowest BCUT2D eigenvalue weighted by Crippen LogP contribution is -2.67. The van der Waals surface area contributed by atoms with Crippen LogP contribution in [0.5, 0.6) is 0 Å². The van der Waals surface area contributed by atoms with Gasteiger partial charge >= 0.3 is 0 Å². The lowest BCUT2D eigenvalue weighted by atomic mass is 9.90. The third-order valence-electron chi connectivity index (χ3n) is 3.47. The summed E-state index contributed by atoms with van der Waals surface area (Å²) in [5, 5.41) is 3.54.